The Morgan fingerprint density at radius 2 is 1.78 bits per heavy atom. The molecule has 2 aromatic heterocycles. The standard InChI is InChI=1S/C37H36FN3O4/c1-4-45-37(44)31-29(19-11-22-9-17-26(38)18-10-22)39-34-32(36(43)41-33(34)21(2)3)30(31)24-12-14-25(15-13-24)35(42)40-28-20-16-23-7-5-6-8-27(23)28/h5-10,12-15,17-18,21,28,41,43H,4,11,16,19-20H2,1-3H3,(H,40,42). The lowest BCUT2D eigenvalue weighted by Gasteiger charge is -2.17. The molecule has 3 aromatic carbocycles. The Hall–Kier alpha value is -4.98. The summed E-state index contributed by atoms with van der Waals surface area (Å²) in [6.07, 6.45) is 2.68. The fourth-order valence-corrected chi connectivity index (χ4v) is 6.27. The normalized spacial score (nSPS) is 14.1. The Kier molecular flexibility index (Phi) is 8.39. The molecule has 0 saturated carbocycles. The molecule has 1 aliphatic carbocycles. The van der Waals surface area contributed by atoms with Gasteiger partial charge in [0.2, 0.25) is 0 Å². The van der Waals surface area contributed by atoms with Gasteiger partial charge in [0.15, 0.2) is 5.88 Å². The number of nitrogens with one attached hydrogen (secondary N) is 2. The van der Waals surface area contributed by atoms with E-state index in [2.05, 4.69) is 22.4 Å². The van der Waals surface area contributed by atoms with Crippen LogP contribution in [0.2, 0.25) is 0 Å². The van der Waals surface area contributed by atoms with Gasteiger partial charge in [0.05, 0.1) is 34.8 Å². The minimum atomic E-state index is -0.551. The van der Waals surface area contributed by atoms with Crippen LogP contribution < -0.4 is 5.32 Å². The van der Waals surface area contributed by atoms with Gasteiger partial charge in [0.25, 0.3) is 5.91 Å². The highest BCUT2D eigenvalue weighted by Crippen LogP contribution is 2.42. The fourth-order valence-electron chi connectivity index (χ4n) is 6.27. The number of nitrogens with zero attached hydrogens (tertiary/aromatic N) is 1. The Labute approximate surface area is 261 Å². The average molecular weight is 606 g/mol. The Morgan fingerprint density at radius 1 is 1.04 bits per heavy atom. The maximum atomic E-state index is 13.6. The summed E-state index contributed by atoms with van der Waals surface area (Å²) in [7, 11) is 0. The van der Waals surface area contributed by atoms with Gasteiger partial charge in [-0.05, 0) is 85.0 Å². The van der Waals surface area contributed by atoms with Crippen LogP contribution in [0.15, 0.2) is 72.8 Å². The van der Waals surface area contributed by atoms with Crippen molar-refractivity contribution >= 4 is 22.8 Å². The highest BCUT2D eigenvalue weighted by Gasteiger charge is 2.29. The number of halogens is 1. The number of aromatic amines is 1. The summed E-state index contributed by atoms with van der Waals surface area (Å²) in [5.41, 5.74) is 7.02. The van der Waals surface area contributed by atoms with Crippen LogP contribution in [0.4, 0.5) is 4.39 Å². The number of carbonyl (C=O) groups excluding carboxylic acids is 2. The van der Waals surface area contributed by atoms with E-state index in [0.29, 0.717) is 46.1 Å². The first-order valence-corrected chi connectivity index (χ1v) is 15.4. The van der Waals surface area contributed by atoms with E-state index >= 15 is 0 Å². The van der Waals surface area contributed by atoms with Gasteiger partial charge in [-0.3, -0.25) is 4.79 Å². The number of aryl methyl sites for hydroxylation is 3. The quantitative estimate of drug-likeness (QED) is 0.150. The number of hydrogen-bond acceptors (Lipinski definition) is 5. The number of aromatic hydroxyl groups is 1. The number of amides is 1. The van der Waals surface area contributed by atoms with Gasteiger partial charge in [-0.1, -0.05) is 62.4 Å². The van der Waals surface area contributed by atoms with Crippen molar-refractivity contribution in [3.8, 4) is 17.0 Å². The molecular weight excluding hydrogens is 569 g/mol. The highest BCUT2D eigenvalue weighted by molar-refractivity contribution is 6.10. The smallest absolute Gasteiger partial charge is 0.340 e. The van der Waals surface area contributed by atoms with Crippen molar-refractivity contribution in [3.63, 3.8) is 0 Å². The molecule has 1 unspecified atom stereocenters. The van der Waals surface area contributed by atoms with Crippen LogP contribution in [-0.4, -0.2) is 33.6 Å². The summed E-state index contributed by atoms with van der Waals surface area (Å²) in [5, 5.41) is 14.8. The third-order valence-electron chi connectivity index (χ3n) is 8.51. The summed E-state index contributed by atoms with van der Waals surface area (Å²) in [6.45, 7) is 5.90. The summed E-state index contributed by atoms with van der Waals surface area (Å²) in [5.74, 6) is -1.13. The van der Waals surface area contributed by atoms with Crippen LogP contribution >= 0.6 is 0 Å². The second-order valence-electron chi connectivity index (χ2n) is 11.8. The van der Waals surface area contributed by atoms with Gasteiger partial charge < -0.3 is 20.1 Å². The first kappa shape index (κ1) is 30.1. The summed E-state index contributed by atoms with van der Waals surface area (Å²) in [6, 6.07) is 21.4. The van der Waals surface area contributed by atoms with Crippen molar-refractivity contribution < 1.29 is 23.8 Å². The molecule has 230 valence electrons. The number of benzene rings is 3. The molecular formula is C37H36FN3O4. The molecule has 0 bridgehead atoms. The molecule has 8 heteroatoms. The van der Waals surface area contributed by atoms with Gasteiger partial charge in [0, 0.05) is 16.8 Å². The minimum absolute atomic E-state index is 0.0129. The molecule has 6 rings (SSSR count). The molecule has 0 fully saturated rings. The van der Waals surface area contributed by atoms with E-state index in [9.17, 15) is 19.1 Å². The van der Waals surface area contributed by atoms with Crippen molar-refractivity contribution in [2.24, 2.45) is 0 Å². The number of aromatic nitrogens is 2. The highest BCUT2D eigenvalue weighted by atomic mass is 19.1. The van der Waals surface area contributed by atoms with Gasteiger partial charge in [0.1, 0.15) is 5.82 Å². The van der Waals surface area contributed by atoms with E-state index in [0.717, 1.165) is 29.7 Å². The van der Waals surface area contributed by atoms with Gasteiger partial charge in [-0.15, -0.1) is 0 Å². The lowest BCUT2D eigenvalue weighted by molar-refractivity contribution is 0.0525. The molecule has 7 nitrogen and oxygen atoms in total. The maximum Gasteiger partial charge on any atom is 0.340 e. The van der Waals surface area contributed by atoms with Crippen LogP contribution in [-0.2, 0) is 24.0 Å². The van der Waals surface area contributed by atoms with Crippen molar-refractivity contribution in [1.29, 1.82) is 0 Å². The third kappa shape index (κ3) is 5.92. The largest absolute Gasteiger partial charge is 0.494 e. The topological polar surface area (TPSA) is 104 Å². The molecule has 5 aromatic rings. The molecule has 0 aliphatic heterocycles. The molecule has 0 radical (unpaired) electrons. The lowest BCUT2D eigenvalue weighted by Crippen LogP contribution is -2.27. The molecule has 45 heavy (non-hydrogen) atoms. The van der Waals surface area contributed by atoms with Crippen molar-refractivity contribution in [2.75, 3.05) is 6.61 Å². The monoisotopic (exact) mass is 605 g/mol. The molecule has 0 spiro atoms. The Bertz CT molecular complexity index is 1880. The number of esters is 1. The Morgan fingerprint density at radius 3 is 2.49 bits per heavy atom. The summed E-state index contributed by atoms with van der Waals surface area (Å²) >= 11 is 0. The first-order valence-electron chi connectivity index (χ1n) is 15.4. The van der Waals surface area contributed by atoms with E-state index in [-0.39, 0.29) is 41.7 Å². The minimum Gasteiger partial charge on any atom is -0.494 e. The zero-order valence-electron chi connectivity index (χ0n) is 25.6. The van der Waals surface area contributed by atoms with E-state index in [1.54, 1.807) is 43.3 Å². The van der Waals surface area contributed by atoms with Gasteiger partial charge in [-0.2, -0.15) is 0 Å². The first-order chi connectivity index (χ1) is 21.7. The number of ether oxygens (including phenoxy) is 1. The van der Waals surface area contributed by atoms with Gasteiger partial charge >= 0.3 is 5.97 Å². The second kappa shape index (κ2) is 12.6. The number of hydrogen-bond donors (Lipinski definition) is 3. The summed E-state index contributed by atoms with van der Waals surface area (Å²) in [4.78, 5) is 34.9. The van der Waals surface area contributed by atoms with E-state index < -0.39 is 5.97 Å². The Balaban J connectivity index is 1.42. The number of fused-ring (bicyclic) bond motifs is 2. The van der Waals surface area contributed by atoms with Crippen LogP contribution in [0.1, 0.15) is 87.9 Å². The van der Waals surface area contributed by atoms with Crippen LogP contribution in [0, 0.1) is 5.82 Å². The predicted octanol–water partition coefficient (Wildman–Crippen LogP) is 7.58. The molecule has 1 aliphatic rings. The van der Waals surface area contributed by atoms with Gasteiger partial charge in [-0.25, -0.2) is 14.2 Å². The van der Waals surface area contributed by atoms with E-state index in [1.807, 2.05) is 26.0 Å². The molecule has 2 heterocycles. The van der Waals surface area contributed by atoms with E-state index in [1.165, 1.54) is 17.7 Å². The van der Waals surface area contributed by atoms with Crippen LogP contribution in [0.3, 0.4) is 0 Å². The van der Waals surface area contributed by atoms with E-state index in [4.69, 9.17) is 9.72 Å². The number of carbonyl (C=O) groups is 2. The van der Waals surface area contributed by atoms with Crippen LogP contribution in [0.5, 0.6) is 5.88 Å². The molecule has 3 N–H and O–H groups in total. The zero-order chi connectivity index (χ0) is 31.7. The predicted molar refractivity (Wildman–Crippen MR) is 172 cm³/mol. The van der Waals surface area contributed by atoms with Crippen molar-refractivity contribution in [2.45, 2.75) is 58.4 Å². The zero-order valence-corrected chi connectivity index (χ0v) is 25.6. The van der Waals surface area contributed by atoms with Crippen molar-refractivity contribution in [3.05, 3.63) is 118 Å². The number of H-pyrrole nitrogens is 1. The lowest BCUT2D eigenvalue weighted by atomic mass is 9.92. The second-order valence-corrected chi connectivity index (χ2v) is 11.8. The molecule has 0 saturated heterocycles. The fraction of sp³-hybridized carbons (Fsp3) is 0.270. The third-order valence-corrected chi connectivity index (χ3v) is 8.51. The molecule has 1 atom stereocenters. The number of pyridine rings is 1. The SMILES string of the molecule is CCOC(=O)c1c(CCc2ccc(F)cc2)nc2c(C(C)C)[nH]c(O)c2c1-c1ccc(C(=O)NC2CCc3ccccc32)cc1. The van der Waals surface area contributed by atoms with Crippen molar-refractivity contribution in [1.82, 2.24) is 15.3 Å². The number of rotatable bonds is 9. The van der Waals surface area contributed by atoms with Crippen LogP contribution in [0.25, 0.3) is 22.0 Å². The summed E-state index contributed by atoms with van der Waals surface area (Å²) < 4.78 is 19.1. The molecule has 1 amide bonds. The maximum absolute atomic E-state index is 13.6. The average Bonchev–Trinajstić information content (AvgIpc) is 3.60.